The highest BCUT2D eigenvalue weighted by molar-refractivity contribution is 7.89. The third-order valence-corrected chi connectivity index (χ3v) is 3.09. The molecule has 0 saturated heterocycles. The molecular weight excluding hydrogens is 214 g/mol. The number of nitrogens with zero attached hydrogens (tertiary/aromatic N) is 2. The molecule has 0 aliphatic carbocycles. The molecule has 0 bridgehead atoms. The van der Waals surface area contributed by atoms with Crippen LogP contribution in [-0.4, -0.2) is 18.6 Å². The van der Waals surface area contributed by atoms with Crippen LogP contribution in [0.25, 0.3) is 0 Å². The van der Waals surface area contributed by atoms with Crippen molar-refractivity contribution in [2.24, 2.45) is 5.14 Å². The third kappa shape index (κ3) is 1.96. The fourth-order valence-electron chi connectivity index (χ4n) is 0.889. The van der Waals surface area contributed by atoms with Crippen LogP contribution in [-0.2, 0) is 10.0 Å². The molecule has 0 amide bonds. The summed E-state index contributed by atoms with van der Waals surface area (Å²) in [6, 6.07) is 0. The highest BCUT2D eigenvalue weighted by Crippen LogP contribution is 2.21. The van der Waals surface area contributed by atoms with E-state index in [0.29, 0.717) is 11.3 Å². The maximum atomic E-state index is 11.1. The number of halogens is 1. The minimum atomic E-state index is -3.82. The first-order valence-corrected chi connectivity index (χ1v) is 5.28. The summed E-state index contributed by atoms with van der Waals surface area (Å²) in [6.45, 7) is 3.21. The Hall–Kier alpha value is -0.720. The summed E-state index contributed by atoms with van der Waals surface area (Å²) < 4.78 is 22.1. The number of aryl methyl sites for hydroxylation is 1. The minimum absolute atomic E-state index is 0.151. The molecule has 0 aliphatic rings. The Bertz CT molecular complexity index is 443. The van der Waals surface area contributed by atoms with E-state index in [1.807, 2.05) is 0 Å². The summed E-state index contributed by atoms with van der Waals surface area (Å²) in [5.74, 6) is 0. The van der Waals surface area contributed by atoms with Crippen molar-refractivity contribution in [3.8, 4) is 0 Å². The molecule has 0 fully saturated rings. The van der Waals surface area contributed by atoms with Crippen LogP contribution in [0, 0.1) is 13.8 Å². The van der Waals surface area contributed by atoms with Crippen LogP contribution in [0.2, 0.25) is 5.15 Å². The van der Waals surface area contributed by atoms with E-state index in [4.69, 9.17) is 16.7 Å². The zero-order valence-corrected chi connectivity index (χ0v) is 8.65. The van der Waals surface area contributed by atoms with Gasteiger partial charge < -0.3 is 0 Å². The van der Waals surface area contributed by atoms with Crippen molar-refractivity contribution in [2.45, 2.75) is 18.7 Å². The second kappa shape index (κ2) is 3.21. The van der Waals surface area contributed by atoms with Gasteiger partial charge in [-0.15, -0.1) is 5.10 Å². The van der Waals surface area contributed by atoms with E-state index in [-0.39, 0.29) is 10.0 Å². The molecule has 7 heteroatoms. The number of sulfonamides is 1. The molecule has 13 heavy (non-hydrogen) atoms. The van der Waals surface area contributed by atoms with Crippen LogP contribution >= 0.6 is 11.6 Å². The SMILES string of the molecule is Cc1nnc(Cl)c(S(N)(=O)=O)c1C. The van der Waals surface area contributed by atoms with Crippen LogP contribution < -0.4 is 5.14 Å². The molecule has 5 nitrogen and oxygen atoms in total. The molecule has 0 aliphatic heterocycles. The Balaban J connectivity index is 3.62. The van der Waals surface area contributed by atoms with Crippen LogP contribution in [0.5, 0.6) is 0 Å². The van der Waals surface area contributed by atoms with E-state index < -0.39 is 10.0 Å². The minimum Gasteiger partial charge on any atom is -0.225 e. The van der Waals surface area contributed by atoms with Gasteiger partial charge in [0.2, 0.25) is 10.0 Å². The predicted molar refractivity (Wildman–Crippen MR) is 47.9 cm³/mol. The van der Waals surface area contributed by atoms with Gasteiger partial charge in [0.1, 0.15) is 4.90 Å². The van der Waals surface area contributed by atoms with Crippen molar-refractivity contribution in [1.82, 2.24) is 10.2 Å². The van der Waals surface area contributed by atoms with Gasteiger partial charge in [-0.25, -0.2) is 13.6 Å². The molecular formula is C6H8ClN3O2S. The summed E-state index contributed by atoms with van der Waals surface area (Å²) in [7, 11) is -3.82. The highest BCUT2D eigenvalue weighted by atomic mass is 35.5. The van der Waals surface area contributed by atoms with Gasteiger partial charge in [0, 0.05) is 0 Å². The number of hydrogen-bond donors (Lipinski definition) is 1. The molecule has 0 aromatic carbocycles. The van der Waals surface area contributed by atoms with Crippen molar-refractivity contribution in [1.29, 1.82) is 0 Å². The molecule has 1 aromatic rings. The van der Waals surface area contributed by atoms with Gasteiger partial charge in [-0.1, -0.05) is 11.6 Å². The van der Waals surface area contributed by atoms with Gasteiger partial charge in [-0.3, -0.25) is 0 Å². The first-order chi connectivity index (χ1) is 5.84. The summed E-state index contributed by atoms with van der Waals surface area (Å²) in [5, 5.41) is 11.9. The van der Waals surface area contributed by atoms with E-state index in [0.717, 1.165) is 0 Å². The average molecular weight is 222 g/mol. The standard InChI is InChI=1S/C6H8ClN3O2S/c1-3-4(2)9-10-6(7)5(3)13(8,11)12/h1-2H3,(H2,8,11,12). The van der Waals surface area contributed by atoms with E-state index in [1.165, 1.54) is 0 Å². The van der Waals surface area contributed by atoms with Crippen molar-refractivity contribution in [3.63, 3.8) is 0 Å². The quantitative estimate of drug-likeness (QED) is 0.744. The summed E-state index contributed by atoms with van der Waals surface area (Å²) in [5.41, 5.74) is 0.927. The maximum Gasteiger partial charge on any atom is 0.241 e. The number of nitrogens with two attached hydrogens (primary N) is 1. The van der Waals surface area contributed by atoms with E-state index in [9.17, 15) is 8.42 Å². The summed E-state index contributed by atoms with van der Waals surface area (Å²) in [6.07, 6.45) is 0. The van der Waals surface area contributed by atoms with Crippen molar-refractivity contribution in [3.05, 3.63) is 16.4 Å². The Kier molecular flexibility index (Phi) is 2.56. The topological polar surface area (TPSA) is 85.9 Å². The first-order valence-electron chi connectivity index (χ1n) is 3.36. The number of rotatable bonds is 1. The average Bonchev–Trinajstić information content (AvgIpc) is 1.95. The molecule has 0 atom stereocenters. The number of hydrogen-bond acceptors (Lipinski definition) is 4. The molecule has 0 spiro atoms. The molecule has 2 N–H and O–H groups in total. The fourth-order valence-corrected chi connectivity index (χ4v) is 2.24. The van der Waals surface area contributed by atoms with Gasteiger partial charge in [0.05, 0.1) is 5.69 Å². The predicted octanol–water partition coefficient (Wildman–Crippen LogP) is 0.394. The first kappa shape index (κ1) is 10.4. The Morgan fingerprint density at radius 1 is 1.31 bits per heavy atom. The highest BCUT2D eigenvalue weighted by Gasteiger charge is 2.19. The van der Waals surface area contributed by atoms with Crippen molar-refractivity contribution in [2.75, 3.05) is 0 Å². The van der Waals surface area contributed by atoms with Gasteiger partial charge in [-0.05, 0) is 19.4 Å². The monoisotopic (exact) mass is 221 g/mol. The molecule has 0 saturated carbocycles. The van der Waals surface area contributed by atoms with E-state index in [2.05, 4.69) is 10.2 Å². The van der Waals surface area contributed by atoms with Crippen LogP contribution in [0.4, 0.5) is 0 Å². The van der Waals surface area contributed by atoms with Crippen LogP contribution in [0.1, 0.15) is 11.3 Å². The smallest absolute Gasteiger partial charge is 0.225 e. The second-order valence-corrected chi connectivity index (χ2v) is 4.43. The van der Waals surface area contributed by atoms with Gasteiger partial charge in [0.15, 0.2) is 5.15 Å². The normalized spacial score (nSPS) is 11.7. The molecule has 0 radical (unpaired) electrons. The van der Waals surface area contributed by atoms with Gasteiger partial charge in [0.25, 0.3) is 0 Å². The zero-order chi connectivity index (χ0) is 10.2. The lowest BCUT2D eigenvalue weighted by atomic mass is 10.2. The Morgan fingerprint density at radius 3 is 2.23 bits per heavy atom. The van der Waals surface area contributed by atoms with Crippen LogP contribution in [0.3, 0.4) is 0 Å². The van der Waals surface area contributed by atoms with Crippen LogP contribution in [0.15, 0.2) is 4.90 Å². The lowest BCUT2D eigenvalue weighted by Crippen LogP contribution is -2.16. The number of primary sulfonamides is 1. The third-order valence-electron chi connectivity index (χ3n) is 1.64. The number of aromatic nitrogens is 2. The largest absolute Gasteiger partial charge is 0.241 e. The lowest BCUT2D eigenvalue weighted by molar-refractivity contribution is 0.596. The Labute approximate surface area is 81.0 Å². The summed E-state index contributed by atoms with van der Waals surface area (Å²) >= 11 is 5.55. The van der Waals surface area contributed by atoms with Crippen molar-refractivity contribution >= 4 is 21.6 Å². The molecule has 1 heterocycles. The maximum absolute atomic E-state index is 11.1. The zero-order valence-electron chi connectivity index (χ0n) is 7.07. The lowest BCUT2D eigenvalue weighted by Gasteiger charge is -2.05. The Morgan fingerprint density at radius 2 is 1.85 bits per heavy atom. The molecule has 1 aromatic heterocycles. The second-order valence-electron chi connectivity index (χ2n) is 2.58. The van der Waals surface area contributed by atoms with Crippen molar-refractivity contribution < 1.29 is 8.42 Å². The molecule has 72 valence electrons. The fraction of sp³-hybridized carbons (Fsp3) is 0.333. The van der Waals surface area contributed by atoms with Gasteiger partial charge in [-0.2, -0.15) is 5.10 Å². The molecule has 1 rings (SSSR count). The summed E-state index contributed by atoms with van der Waals surface area (Å²) in [4.78, 5) is -0.151. The van der Waals surface area contributed by atoms with Gasteiger partial charge >= 0.3 is 0 Å². The molecule has 0 unspecified atom stereocenters. The van der Waals surface area contributed by atoms with E-state index >= 15 is 0 Å². The van der Waals surface area contributed by atoms with E-state index in [1.54, 1.807) is 13.8 Å².